The average molecular weight is 849 g/mol. The molecular formula is C49H52O13. The Morgan fingerprint density at radius 1 is 0.516 bits per heavy atom. The summed E-state index contributed by atoms with van der Waals surface area (Å²) >= 11 is 0. The molecule has 2 saturated heterocycles. The lowest BCUT2D eigenvalue weighted by Crippen LogP contribution is -2.63. The Hall–Kier alpha value is -5.67. The van der Waals surface area contributed by atoms with E-state index in [1.165, 1.54) is 20.8 Å². The van der Waals surface area contributed by atoms with E-state index in [1.807, 2.05) is 127 Å². The smallest absolute Gasteiger partial charge is 0.303 e. The molecule has 5 aromatic rings. The van der Waals surface area contributed by atoms with Crippen LogP contribution in [-0.4, -0.2) is 87.2 Å². The molecule has 2 fully saturated rings. The summed E-state index contributed by atoms with van der Waals surface area (Å²) in [7, 11) is 1.57. The highest BCUT2D eigenvalue weighted by Crippen LogP contribution is 2.45. The SMILES string of the molecule is COc1ccc2ccccc2c1C1O[C@H](COCc2ccccc2)[C@@H](O[C@H]2O[C@H](COCc3ccccc3)[C@@H](OC(C)=O)[C@H](OC(C)=O)[C@H]2OCc2ccccc2)[C@H]1OC(C)=O. The number of ether oxygens (including phenoxy) is 10. The molecule has 326 valence electrons. The number of carbonyl (C=O) groups is 3. The maximum absolute atomic E-state index is 13.1. The summed E-state index contributed by atoms with van der Waals surface area (Å²) in [5.41, 5.74) is 3.30. The zero-order chi connectivity index (χ0) is 43.4. The molecule has 0 spiro atoms. The second-order valence-electron chi connectivity index (χ2n) is 15.1. The first-order valence-corrected chi connectivity index (χ1v) is 20.6. The van der Waals surface area contributed by atoms with Crippen LogP contribution in [-0.2, 0) is 76.8 Å². The number of carbonyl (C=O) groups excluding carboxylic acids is 3. The van der Waals surface area contributed by atoms with Gasteiger partial charge in [0, 0.05) is 26.3 Å². The number of rotatable bonds is 18. The van der Waals surface area contributed by atoms with Crippen molar-refractivity contribution in [2.24, 2.45) is 0 Å². The van der Waals surface area contributed by atoms with Crippen LogP contribution in [0.15, 0.2) is 127 Å². The Morgan fingerprint density at radius 2 is 1.02 bits per heavy atom. The highest BCUT2D eigenvalue weighted by Gasteiger charge is 2.56. The second kappa shape index (κ2) is 21.4. The number of fused-ring (bicyclic) bond motifs is 1. The molecule has 2 aliphatic rings. The molecule has 13 nitrogen and oxygen atoms in total. The summed E-state index contributed by atoms with van der Waals surface area (Å²) in [6, 6.07) is 40.2. The van der Waals surface area contributed by atoms with Gasteiger partial charge < -0.3 is 47.4 Å². The normalized spacial score (nSPS) is 24.6. The Bertz CT molecular complexity index is 2220. The molecule has 0 aliphatic carbocycles. The first-order valence-electron chi connectivity index (χ1n) is 20.6. The van der Waals surface area contributed by atoms with Crippen molar-refractivity contribution < 1.29 is 61.8 Å². The minimum atomic E-state index is -1.34. The van der Waals surface area contributed by atoms with Gasteiger partial charge in [0.25, 0.3) is 0 Å². The Balaban J connectivity index is 1.29. The van der Waals surface area contributed by atoms with Crippen LogP contribution < -0.4 is 4.74 Å². The first-order chi connectivity index (χ1) is 30.2. The van der Waals surface area contributed by atoms with Crippen molar-refractivity contribution in [1.82, 2.24) is 0 Å². The number of hydrogen-bond acceptors (Lipinski definition) is 13. The highest BCUT2D eigenvalue weighted by atomic mass is 16.7. The third-order valence-electron chi connectivity index (χ3n) is 10.6. The van der Waals surface area contributed by atoms with Gasteiger partial charge in [-0.2, -0.15) is 0 Å². The summed E-state index contributed by atoms with van der Waals surface area (Å²) in [4.78, 5) is 38.7. The van der Waals surface area contributed by atoms with Gasteiger partial charge in [-0.25, -0.2) is 0 Å². The second-order valence-corrected chi connectivity index (χ2v) is 15.1. The van der Waals surface area contributed by atoms with Gasteiger partial charge in [-0.15, -0.1) is 0 Å². The zero-order valence-electron chi connectivity index (χ0n) is 35.2. The molecule has 9 atom stereocenters. The van der Waals surface area contributed by atoms with Gasteiger partial charge in [0.1, 0.15) is 36.3 Å². The van der Waals surface area contributed by atoms with E-state index in [2.05, 4.69) is 0 Å². The van der Waals surface area contributed by atoms with Crippen molar-refractivity contribution in [3.63, 3.8) is 0 Å². The van der Waals surface area contributed by atoms with Gasteiger partial charge >= 0.3 is 17.9 Å². The zero-order valence-corrected chi connectivity index (χ0v) is 35.2. The molecule has 13 heteroatoms. The van der Waals surface area contributed by atoms with Crippen LogP contribution in [0.2, 0.25) is 0 Å². The lowest BCUT2D eigenvalue weighted by molar-refractivity contribution is -0.331. The molecule has 0 saturated carbocycles. The highest BCUT2D eigenvalue weighted by molar-refractivity contribution is 5.88. The predicted molar refractivity (Wildman–Crippen MR) is 226 cm³/mol. The first kappa shape index (κ1) is 44.4. The monoisotopic (exact) mass is 848 g/mol. The minimum Gasteiger partial charge on any atom is -0.496 e. The quantitative estimate of drug-likeness (QED) is 0.0648. The van der Waals surface area contributed by atoms with E-state index in [9.17, 15) is 14.4 Å². The molecule has 0 N–H and O–H groups in total. The topological polar surface area (TPSA) is 144 Å². The molecule has 0 aromatic heterocycles. The van der Waals surface area contributed by atoms with E-state index in [1.54, 1.807) is 7.11 Å². The van der Waals surface area contributed by atoms with E-state index >= 15 is 0 Å². The van der Waals surface area contributed by atoms with Gasteiger partial charge in [0.05, 0.1) is 40.1 Å². The third kappa shape index (κ3) is 11.2. The maximum Gasteiger partial charge on any atom is 0.303 e. The van der Waals surface area contributed by atoms with Crippen LogP contribution in [0, 0.1) is 0 Å². The van der Waals surface area contributed by atoms with E-state index in [0.29, 0.717) is 11.3 Å². The lowest BCUT2D eigenvalue weighted by atomic mass is 9.94. The molecule has 7 rings (SSSR count). The molecule has 2 heterocycles. The lowest BCUT2D eigenvalue weighted by Gasteiger charge is -2.45. The predicted octanol–water partition coefficient (Wildman–Crippen LogP) is 7.21. The Kier molecular flexibility index (Phi) is 15.3. The van der Waals surface area contributed by atoms with Crippen LogP contribution in [0.25, 0.3) is 10.8 Å². The fraction of sp³-hybridized carbons (Fsp3) is 0.367. The van der Waals surface area contributed by atoms with Gasteiger partial charge in [-0.3, -0.25) is 14.4 Å². The molecule has 1 unspecified atom stereocenters. The summed E-state index contributed by atoms with van der Waals surface area (Å²) < 4.78 is 63.6. The van der Waals surface area contributed by atoms with Gasteiger partial charge in [0.15, 0.2) is 24.6 Å². The summed E-state index contributed by atoms with van der Waals surface area (Å²) in [6.07, 6.45) is -9.88. The molecule has 2 aliphatic heterocycles. The van der Waals surface area contributed by atoms with E-state index in [4.69, 9.17) is 47.4 Å². The van der Waals surface area contributed by atoms with Gasteiger partial charge in [-0.05, 0) is 33.5 Å². The van der Waals surface area contributed by atoms with Crippen LogP contribution in [0.3, 0.4) is 0 Å². The van der Waals surface area contributed by atoms with Crippen molar-refractivity contribution in [3.8, 4) is 5.75 Å². The number of methoxy groups -OCH3 is 1. The number of hydrogen-bond donors (Lipinski definition) is 0. The van der Waals surface area contributed by atoms with Crippen LogP contribution in [0.5, 0.6) is 5.75 Å². The van der Waals surface area contributed by atoms with Crippen LogP contribution in [0.4, 0.5) is 0 Å². The molecule has 0 radical (unpaired) electrons. The van der Waals surface area contributed by atoms with Gasteiger partial charge in [-0.1, -0.05) is 121 Å². The maximum atomic E-state index is 13.1. The van der Waals surface area contributed by atoms with Crippen molar-refractivity contribution in [2.45, 2.75) is 95.7 Å². The Labute approximate surface area is 361 Å². The minimum absolute atomic E-state index is 0.0101. The van der Waals surface area contributed by atoms with Crippen molar-refractivity contribution in [1.29, 1.82) is 0 Å². The van der Waals surface area contributed by atoms with Crippen molar-refractivity contribution >= 4 is 28.7 Å². The summed E-state index contributed by atoms with van der Waals surface area (Å²) in [6.45, 7) is 4.27. The molecular weight excluding hydrogens is 797 g/mol. The molecule has 0 bridgehead atoms. The summed E-state index contributed by atoms with van der Waals surface area (Å²) in [5, 5.41) is 1.74. The third-order valence-corrected chi connectivity index (χ3v) is 10.6. The van der Waals surface area contributed by atoms with E-state index in [0.717, 1.165) is 27.5 Å². The standard InChI is InChI=1S/C49H52O13/c1-31(50)57-43-41(30-55-27-35-18-10-6-11-19-35)61-49(48(47(43)59-33(3)52)56-28-36-20-12-7-13-21-36)62-44-40(29-54-26-34-16-8-5-9-17-34)60-45(46(44)58-32(2)51)42-38-23-15-14-22-37(38)24-25-39(42)53-4/h5-25,40-41,43-49H,26-30H2,1-4H3/t40-,41-,43-,44-,45?,46-,47+,48-,49-/m1/s1. The van der Waals surface area contributed by atoms with Crippen LogP contribution >= 0.6 is 0 Å². The molecule has 62 heavy (non-hydrogen) atoms. The van der Waals surface area contributed by atoms with Crippen molar-refractivity contribution in [2.75, 3.05) is 20.3 Å². The van der Waals surface area contributed by atoms with E-state index in [-0.39, 0.29) is 33.0 Å². The van der Waals surface area contributed by atoms with Crippen molar-refractivity contribution in [3.05, 3.63) is 150 Å². The van der Waals surface area contributed by atoms with E-state index < -0.39 is 73.0 Å². The Morgan fingerprint density at radius 3 is 1.58 bits per heavy atom. The number of benzene rings is 5. The average Bonchev–Trinajstić information content (AvgIpc) is 3.59. The largest absolute Gasteiger partial charge is 0.496 e. The fourth-order valence-corrected chi connectivity index (χ4v) is 7.94. The molecule has 5 aromatic carbocycles. The fourth-order valence-electron chi connectivity index (χ4n) is 7.94. The van der Waals surface area contributed by atoms with Crippen LogP contribution in [0.1, 0.15) is 49.1 Å². The molecule has 0 amide bonds. The number of esters is 3. The van der Waals surface area contributed by atoms with Gasteiger partial charge in [0.2, 0.25) is 0 Å². The summed E-state index contributed by atoms with van der Waals surface area (Å²) in [5.74, 6) is -1.35.